The van der Waals surface area contributed by atoms with Gasteiger partial charge in [-0.3, -0.25) is 9.59 Å². The monoisotopic (exact) mass is 410 g/mol. The molecular weight excluding hydrogens is 389 g/mol. The van der Waals surface area contributed by atoms with Crippen LogP contribution in [-0.4, -0.2) is 34.6 Å². The standard InChI is InChI=1S/C19H21F3N4O3/c1-11(2)17(27)26-15-9-13(7-8-23-15)12(3)24-18(28)14-5-4-6-16(25-14)29-10-19(20,21)22/h4-9,11-12H,10H2,1-3H3,(H,24,28)(H,23,26,27). The molecule has 2 rings (SSSR count). The zero-order chi connectivity index (χ0) is 21.6. The number of aromatic nitrogens is 2. The van der Waals surface area contributed by atoms with Gasteiger partial charge in [-0.1, -0.05) is 19.9 Å². The van der Waals surface area contributed by atoms with E-state index in [4.69, 9.17) is 0 Å². The molecule has 7 nitrogen and oxygen atoms in total. The van der Waals surface area contributed by atoms with Gasteiger partial charge in [-0.05, 0) is 30.7 Å². The van der Waals surface area contributed by atoms with Crippen molar-refractivity contribution in [3.63, 3.8) is 0 Å². The van der Waals surface area contributed by atoms with Crippen molar-refractivity contribution < 1.29 is 27.5 Å². The van der Waals surface area contributed by atoms with Crippen molar-refractivity contribution in [2.75, 3.05) is 11.9 Å². The lowest BCUT2D eigenvalue weighted by Gasteiger charge is -2.16. The molecule has 156 valence electrons. The Morgan fingerprint density at radius 1 is 1.17 bits per heavy atom. The van der Waals surface area contributed by atoms with E-state index in [0.717, 1.165) is 0 Å². The van der Waals surface area contributed by atoms with Gasteiger partial charge < -0.3 is 15.4 Å². The number of amides is 2. The Morgan fingerprint density at radius 2 is 1.90 bits per heavy atom. The van der Waals surface area contributed by atoms with E-state index < -0.39 is 24.7 Å². The van der Waals surface area contributed by atoms with Crippen molar-refractivity contribution in [3.05, 3.63) is 47.8 Å². The highest BCUT2D eigenvalue weighted by Gasteiger charge is 2.28. The molecule has 2 aromatic rings. The number of halogens is 3. The summed E-state index contributed by atoms with van der Waals surface area (Å²) in [6.45, 7) is 3.72. The van der Waals surface area contributed by atoms with Crippen LogP contribution in [0.25, 0.3) is 0 Å². The zero-order valence-electron chi connectivity index (χ0n) is 16.1. The number of carbonyl (C=O) groups excluding carboxylic acids is 2. The number of anilines is 1. The van der Waals surface area contributed by atoms with Gasteiger partial charge in [0.25, 0.3) is 5.91 Å². The summed E-state index contributed by atoms with van der Waals surface area (Å²) in [5, 5.41) is 5.37. The first-order chi connectivity index (χ1) is 13.5. The Labute approximate surface area is 165 Å². The number of ether oxygens (including phenoxy) is 1. The van der Waals surface area contributed by atoms with Crippen LogP contribution in [0.5, 0.6) is 5.88 Å². The molecule has 1 unspecified atom stereocenters. The molecule has 0 aromatic carbocycles. The maximum Gasteiger partial charge on any atom is 0.422 e. The summed E-state index contributed by atoms with van der Waals surface area (Å²) in [6, 6.07) is 6.81. The second kappa shape index (κ2) is 9.35. The Balaban J connectivity index is 2.04. The van der Waals surface area contributed by atoms with Gasteiger partial charge in [-0.2, -0.15) is 13.2 Å². The highest BCUT2D eigenvalue weighted by Crippen LogP contribution is 2.19. The second-order valence-electron chi connectivity index (χ2n) is 6.58. The number of hydrogen-bond donors (Lipinski definition) is 2. The maximum absolute atomic E-state index is 12.4. The van der Waals surface area contributed by atoms with Crippen molar-refractivity contribution in [3.8, 4) is 5.88 Å². The lowest BCUT2D eigenvalue weighted by molar-refractivity contribution is -0.154. The van der Waals surface area contributed by atoms with E-state index in [1.807, 2.05) is 0 Å². The third-order valence-corrected chi connectivity index (χ3v) is 3.75. The molecule has 0 bridgehead atoms. The molecular formula is C19H21F3N4O3. The van der Waals surface area contributed by atoms with E-state index >= 15 is 0 Å². The number of hydrogen-bond acceptors (Lipinski definition) is 5. The molecule has 2 amide bonds. The average molecular weight is 410 g/mol. The average Bonchev–Trinajstić information content (AvgIpc) is 2.66. The second-order valence-corrected chi connectivity index (χ2v) is 6.58. The Bertz CT molecular complexity index is 872. The highest BCUT2D eigenvalue weighted by molar-refractivity contribution is 5.93. The van der Waals surface area contributed by atoms with Crippen molar-refractivity contribution in [2.24, 2.45) is 5.92 Å². The fourth-order valence-electron chi connectivity index (χ4n) is 2.19. The predicted octanol–water partition coefficient (Wildman–Crippen LogP) is 3.50. The summed E-state index contributed by atoms with van der Waals surface area (Å²) in [7, 11) is 0. The van der Waals surface area contributed by atoms with Crippen molar-refractivity contribution in [1.29, 1.82) is 0 Å². The van der Waals surface area contributed by atoms with Crippen LogP contribution in [0.2, 0.25) is 0 Å². The first kappa shape index (κ1) is 22.1. The minimum absolute atomic E-state index is 0.0843. The minimum Gasteiger partial charge on any atom is -0.468 e. The summed E-state index contributed by atoms with van der Waals surface area (Å²) in [4.78, 5) is 32.1. The molecule has 0 fully saturated rings. The maximum atomic E-state index is 12.4. The first-order valence-corrected chi connectivity index (χ1v) is 8.79. The Hall–Kier alpha value is -3.17. The van der Waals surface area contributed by atoms with Gasteiger partial charge in [0.1, 0.15) is 11.5 Å². The van der Waals surface area contributed by atoms with E-state index in [9.17, 15) is 22.8 Å². The summed E-state index contributed by atoms with van der Waals surface area (Å²) < 4.78 is 41.3. The third-order valence-electron chi connectivity index (χ3n) is 3.75. The zero-order valence-corrected chi connectivity index (χ0v) is 16.1. The van der Waals surface area contributed by atoms with Gasteiger partial charge in [0.05, 0.1) is 6.04 Å². The molecule has 2 N–H and O–H groups in total. The van der Waals surface area contributed by atoms with Crippen LogP contribution in [-0.2, 0) is 4.79 Å². The van der Waals surface area contributed by atoms with E-state index in [-0.39, 0.29) is 23.4 Å². The molecule has 0 radical (unpaired) electrons. The van der Waals surface area contributed by atoms with Crippen LogP contribution in [0.3, 0.4) is 0 Å². The van der Waals surface area contributed by atoms with Gasteiger partial charge in [0, 0.05) is 18.2 Å². The number of alkyl halides is 3. The SMILES string of the molecule is CC(C)C(=O)Nc1cc(C(C)NC(=O)c2cccc(OCC(F)(F)F)n2)ccn1. The third kappa shape index (κ3) is 7.05. The topological polar surface area (TPSA) is 93.2 Å². The fourth-order valence-corrected chi connectivity index (χ4v) is 2.19. The summed E-state index contributed by atoms with van der Waals surface area (Å²) in [5.74, 6) is -0.936. The number of pyridine rings is 2. The molecule has 29 heavy (non-hydrogen) atoms. The van der Waals surface area contributed by atoms with Gasteiger partial charge >= 0.3 is 6.18 Å². The molecule has 2 heterocycles. The lowest BCUT2D eigenvalue weighted by atomic mass is 10.1. The van der Waals surface area contributed by atoms with Crippen molar-refractivity contribution >= 4 is 17.6 Å². The lowest BCUT2D eigenvalue weighted by Crippen LogP contribution is -2.28. The number of carbonyl (C=O) groups is 2. The molecule has 0 saturated heterocycles. The highest BCUT2D eigenvalue weighted by atomic mass is 19.4. The summed E-state index contributed by atoms with van der Waals surface area (Å²) in [5.41, 5.74) is 0.593. The van der Waals surface area contributed by atoms with Gasteiger partial charge in [-0.25, -0.2) is 9.97 Å². The summed E-state index contributed by atoms with van der Waals surface area (Å²) >= 11 is 0. The normalized spacial score (nSPS) is 12.4. The first-order valence-electron chi connectivity index (χ1n) is 8.79. The summed E-state index contributed by atoms with van der Waals surface area (Å²) in [6.07, 6.45) is -3.00. The minimum atomic E-state index is -4.50. The van der Waals surface area contributed by atoms with Gasteiger partial charge in [0.15, 0.2) is 6.61 Å². The van der Waals surface area contributed by atoms with Crippen LogP contribution in [0.4, 0.5) is 19.0 Å². The molecule has 2 aromatic heterocycles. The van der Waals surface area contributed by atoms with Crippen molar-refractivity contribution in [2.45, 2.75) is 33.0 Å². The number of nitrogens with zero attached hydrogens (tertiary/aromatic N) is 2. The quantitative estimate of drug-likeness (QED) is 0.729. The van der Waals surface area contributed by atoms with E-state index in [1.165, 1.54) is 24.4 Å². The molecule has 0 aliphatic rings. The smallest absolute Gasteiger partial charge is 0.422 e. The van der Waals surface area contributed by atoms with Crippen LogP contribution < -0.4 is 15.4 Å². The largest absolute Gasteiger partial charge is 0.468 e. The Kier molecular flexibility index (Phi) is 7.13. The molecule has 0 aliphatic carbocycles. The molecule has 1 atom stereocenters. The predicted molar refractivity (Wildman–Crippen MR) is 99.4 cm³/mol. The molecule has 0 spiro atoms. The van der Waals surface area contributed by atoms with Crippen molar-refractivity contribution in [1.82, 2.24) is 15.3 Å². The van der Waals surface area contributed by atoms with Gasteiger partial charge in [0.2, 0.25) is 11.8 Å². The molecule has 0 saturated carbocycles. The number of nitrogens with one attached hydrogen (secondary N) is 2. The van der Waals surface area contributed by atoms with Crippen LogP contribution in [0.1, 0.15) is 42.9 Å². The Morgan fingerprint density at radius 3 is 2.55 bits per heavy atom. The molecule has 0 aliphatic heterocycles. The fraction of sp³-hybridized carbons (Fsp3) is 0.368. The van der Waals surface area contributed by atoms with E-state index in [0.29, 0.717) is 11.4 Å². The molecule has 10 heteroatoms. The van der Waals surface area contributed by atoms with Crippen LogP contribution >= 0.6 is 0 Å². The number of rotatable bonds is 7. The van der Waals surface area contributed by atoms with Crippen LogP contribution in [0, 0.1) is 5.92 Å². The van der Waals surface area contributed by atoms with E-state index in [2.05, 4.69) is 25.3 Å². The van der Waals surface area contributed by atoms with E-state index in [1.54, 1.807) is 32.9 Å². The van der Waals surface area contributed by atoms with Crippen LogP contribution in [0.15, 0.2) is 36.5 Å². The van der Waals surface area contributed by atoms with Gasteiger partial charge in [-0.15, -0.1) is 0 Å².